The Labute approximate surface area is 167 Å². The van der Waals surface area contributed by atoms with Gasteiger partial charge >= 0.3 is 0 Å². The first-order chi connectivity index (χ1) is 13.3. The zero-order chi connectivity index (χ0) is 20.7. The van der Waals surface area contributed by atoms with Crippen LogP contribution < -0.4 is 15.4 Å². The molecule has 0 unspecified atom stereocenters. The molecule has 2 N–H and O–H groups in total. The zero-order valence-electron chi connectivity index (χ0n) is 17.6. The first kappa shape index (κ1) is 22.2. The van der Waals surface area contributed by atoms with Crippen molar-refractivity contribution in [2.24, 2.45) is 5.92 Å². The molecule has 2 amide bonds. The first-order valence-electron chi connectivity index (χ1n) is 9.94. The fourth-order valence-electron chi connectivity index (χ4n) is 3.19. The monoisotopic (exact) mass is 391 g/mol. The SMILES string of the molecule is CCCC(=O)Nc1ccc2c(c1)C(=O)N(C)C[C@@H](OC)[C@H](C)CN[C@@H](C)CO2. The zero-order valence-corrected chi connectivity index (χ0v) is 17.6. The lowest BCUT2D eigenvalue weighted by molar-refractivity contribution is -0.116. The number of carbonyl (C=O) groups is 2. The minimum atomic E-state index is -0.156. The molecule has 1 heterocycles. The van der Waals surface area contributed by atoms with Gasteiger partial charge < -0.3 is 25.0 Å². The van der Waals surface area contributed by atoms with E-state index >= 15 is 0 Å². The topological polar surface area (TPSA) is 79.9 Å². The minimum Gasteiger partial charge on any atom is -0.491 e. The van der Waals surface area contributed by atoms with Gasteiger partial charge in [0.25, 0.3) is 5.91 Å². The van der Waals surface area contributed by atoms with Crippen molar-refractivity contribution in [2.45, 2.75) is 45.8 Å². The number of ether oxygens (including phenoxy) is 2. The number of anilines is 1. The Bertz CT molecular complexity index is 680. The molecule has 0 saturated heterocycles. The van der Waals surface area contributed by atoms with Gasteiger partial charge in [0.05, 0.1) is 11.7 Å². The van der Waals surface area contributed by atoms with E-state index < -0.39 is 0 Å². The first-order valence-corrected chi connectivity index (χ1v) is 9.94. The van der Waals surface area contributed by atoms with Gasteiger partial charge in [0.15, 0.2) is 0 Å². The molecule has 0 aromatic heterocycles. The maximum atomic E-state index is 13.1. The predicted molar refractivity (Wildman–Crippen MR) is 110 cm³/mol. The molecule has 1 aromatic rings. The average Bonchev–Trinajstić information content (AvgIpc) is 2.67. The molecular formula is C21H33N3O4. The molecule has 1 aliphatic rings. The normalized spacial score (nSPS) is 23.8. The lowest BCUT2D eigenvalue weighted by atomic mass is 10.0. The number of nitrogens with zero attached hydrogens (tertiary/aromatic N) is 1. The van der Waals surface area contributed by atoms with Gasteiger partial charge in [-0.2, -0.15) is 0 Å². The Morgan fingerprint density at radius 3 is 2.82 bits per heavy atom. The van der Waals surface area contributed by atoms with Crippen molar-refractivity contribution in [1.82, 2.24) is 10.2 Å². The summed E-state index contributed by atoms with van der Waals surface area (Å²) >= 11 is 0. The summed E-state index contributed by atoms with van der Waals surface area (Å²) in [7, 11) is 3.43. The van der Waals surface area contributed by atoms with Gasteiger partial charge in [0.1, 0.15) is 12.4 Å². The standard InChI is InChI=1S/C21H33N3O4/c1-6-7-20(25)23-16-8-9-18-17(10-16)21(26)24(4)12-19(27-5)14(2)11-22-15(3)13-28-18/h8-10,14-15,19,22H,6-7,11-13H2,1-5H3,(H,23,25)/t14-,15+,19-/m1/s1. The molecule has 0 bridgehead atoms. The molecular weight excluding hydrogens is 358 g/mol. The van der Waals surface area contributed by atoms with E-state index in [1.54, 1.807) is 37.3 Å². The van der Waals surface area contributed by atoms with E-state index in [4.69, 9.17) is 9.47 Å². The largest absolute Gasteiger partial charge is 0.491 e. The summed E-state index contributed by atoms with van der Waals surface area (Å²) in [5.74, 6) is 0.531. The maximum absolute atomic E-state index is 13.1. The molecule has 0 saturated carbocycles. The van der Waals surface area contributed by atoms with Crippen LogP contribution in [0.5, 0.6) is 5.75 Å². The van der Waals surface area contributed by atoms with Crippen LogP contribution in [-0.4, -0.2) is 62.7 Å². The molecule has 7 heteroatoms. The van der Waals surface area contributed by atoms with Gasteiger partial charge in [-0.15, -0.1) is 0 Å². The Morgan fingerprint density at radius 1 is 1.39 bits per heavy atom. The summed E-state index contributed by atoms with van der Waals surface area (Å²) in [6.45, 7) is 7.79. The third kappa shape index (κ3) is 5.94. The van der Waals surface area contributed by atoms with E-state index in [1.807, 2.05) is 13.8 Å². The highest BCUT2D eigenvalue weighted by Crippen LogP contribution is 2.25. The van der Waals surface area contributed by atoms with Gasteiger partial charge in [-0.25, -0.2) is 0 Å². The van der Waals surface area contributed by atoms with E-state index in [9.17, 15) is 9.59 Å². The summed E-state index contributed by atoms with van der Waals surface area (Å²) in [6.07, 6.45) is 1.13. The van der Waals surface area contributed by atoms with Crippen LogP contribution in [0, 0.1) is 5.92 Å². The molecule has 1 aromatic carbocycles. The molecule has 2 rings (SSSR count). The Morgan fingerprint density at radius 2 is 2.14 bits per heavy atom. The van der Waals surface area contributed by atoms with Crippen molar-refractivity contribution in [1.29, 1.82) is 0 Å². The number of carbonyl (C=O) groups excluding carboxylic acids is 2. The smallest absolute Gasteiger partial charge is 0.257 e. The Balaban J connectivity index is 2.33. The molecule has 0 radical (unpaired) electrons. The minimum absolute atomic E-state index is 0.0663. The van der Waals surface area contributed by atoms with Gasteiger partial charge in [-0.3, -0.25) is 9.59 Å². The number of likely N-dealkylation sites (N-methyl/N-ethyl adjacent to an activating group) is 1. The number of fused-ring (bicyclic) bond motifs is 1. The quantitative estimate of drug-likeness (QED) is 0.824. The van der Waals surface area contributed by atoms with Crippen molar-refractivity contribution in [3.63, 3.8) is 0 Å². The Hall–Kier alpha value is -2.12. The number of methoxy groups -OCH3 is 1. The maximum Gasteiger partial charge on any atom is 0.257 e. The molecule has 0 spiro atoms. The van der Waals surface area contributed by atoms with Crippen LogP contribution in [-0.2, 0) is 9.53 Å². The van der Waals surface area contributed by atoms with E-state index in [2.05, 4.69) is 17.6 Å². The van der Waals surface area contributed by atoms with Crippen LogP contribution in [0.15, 0.2) is 18.2 Å². The van der Waals surface area contributed by atoms with Crippen LogP contribution >= 0.6 is 0 Å². The summed E-state index contributed by atoms with van der Waals surface area (Å²) in [5.41, 5.74) is 1.03. The summed E-state index contributed by atoms with van der Waals surface area (Å²) in [4.78, 5) is 26.7. The second kappa shape index (κ2) is 10.4. The lowest BCUT2D eigenvalue weighted by Gasteiger charge is -2.30. The van der Waals surface area contributed by atoms with Crippen LogP contribution in [0.3, 0.4) is 0 Å². The van der Waals surface area contributed by atoms with Crippen LogP contribution in [0.2, 0.25) is 0 Å². The van der Waals surface area contributed by atoms with Crippen LogP contribution in [0.4, 0.5) is 5.69 Å². The molecule has 28 heavy (non-hydrogen) atoms. The fourth-order valence-corrected chi connectivity index (χ4v) is 3.19. The molecule has 1 aliphatic heterocycles. The number of nitrogens with one attached hydrogen (secondary N) is 2. The highest BCUT2D eigenvalue weighted by Gasteiger charge is 2.25. The number of hydrogen-bond donors (Lipinski definition) is 2. The van der Waals surface area contributed by atoms with Crippen molar-refractivity contribution in [2.75, 3.05) is 39.2 Å². The van der Waals surface area contributed by atoms with E-state index in [0.717, 1.165) is 13.0 Å². The number of amides is 2. The average molecular weight is 392 g/mol. The van der Waals surface area contributed by atoms with Crippen molar-refractivity contribution < 1.29 is 19.1 Å². The second-order valence-electron chi connectivity index (χ2n) is 7.57. The third-order valence-electron chi connectivity index (χ3n) is 4.99. The third-order valence-corrected chi connectivity index (χ3v) is 4.99. The van der Waals surface area contributed by atoms with E-state index in [-0.39, 0.29) is 29.9 Å². The second-order valence-corrected chi connectivity index (χ2v) is 7.57. The molecule has 7 nitrogen and oxygen atoms in total. The molecule has 0 fully saturated rings. The van der Waals surface area contributed by atoms with Crippen LogP contribution in [0.25, 0.3) is 0 Å². The van der Waals surface area contributed by atoms with Gasteiger partial charge in [-0.1, -0.05) is 13.8 Å². The number of rotatable bonds is 4. The predicted octanol–water partition coefficient (Wildman–Crippen LogP) is 2.52. The summed E-state index contributed by atoms with van der Waals surface area (Å²) < 4.78 is 11.6. The summed E-state index contributed by atoms with van der Waals surface area (Å²) in [6, 6.07) is 5.34. The number of hydrogen-bond acceptors (Lipinski definition) is 5. The molecule has 156 valence electrons. The van der Waals surface area contributed by atoms with Crippen LogP contribution in [0.1, 0.15) is 44.0 Å². The molecule has 0 aliphatic carbocycles. The fraction of sp³-hybridized carbons (Fsp3) is 0.619. The van der Waals surface area contributed by atoms with E-state index in [1.165, 1.54) is 0 Å². The van der Waals surface area contributed by atoms with Crippen molar-refractivity contribution in [3.05, 3.63) is 23.8 Å². The Kier molecular flexibility index (Phi) is 8.26. The van der Waals surface area contributed by atoms with Gasteiger partial charge in [0, 0.05) is 45.4 Å². The highest BCUT2D eigenvalue weighted by molar-refractivity contribution is 5.99. The summed E-state index contributed by atoms with van der Waals surface area (Å²) in [5, 5.41) is 6.31. The van der Waals surface area contributed by atoms with Gasteiger partial charge in [-0.05, 0) is 37.5 Å². The highest BCUT2D eigenvalue weighted by atomic mass is 16.5. The lowest BCUT2D eigenvalue weighted by Crippen LogP contribution is -2.44. The number of benzene rings is 1. The van der Waals surface area contributed by atoms with Gasteiger partial charge in [0.2, 0.25) is 5.91 Å². The van der Waals surface area contributed by atoms with Crippen molar-refractivity contribution in [3.8, 4) is 5.75 Å². The van der Waals surface area contributed by atoms with Crippen molar-refractivity contribution >= 4 is 17.5 Å². The molecule has 3 atom stereocenters. The van der Waals surface area contributed by atoms with E-state index in [0.29, 0.717) is 36.6 Å².